The molecule has 1 aliphatic heterocycles. The van der Waals surface area contributed by atoms with Crippen LogP contribution >= 0.6 is 11.6 Å². The van der Waals surface area contributed by atoms with Crippen molar-refractivity contribution in [1.82, 2.24) is 9.47 Å². The van der Waals surface area contributed by atoms with Gasteiger partial charge in [-0.05, 0) is 30.3 Å². The summed E-state index contributed by atoms with van der Waals surface area (Å²) in [6, 6.07) is 11.7. The fourth-order valence-corrected chi connectivity index (χ4v) is 4.35. The molecule has 156 valence electrons. The summed E-state index contributed by atoms with van der Waals surface area (Å²) in [5, 5.41) is 20.7. The zero-order chi connectivity index (χ0) is 21.4. The Hall–Kier alpha value is -3.03. The Labute approximate surface area is 178 Å². The molecule has 0 unspecified atom stereocenters. The molecule has 0 spiro atoms. The van der Waals surface area contributed by atoms with E-state index in [0.29, 0.717) is 42.3 Å². The van der Waals surface area contributed by atoms with E-state index in [-0.39, 0.29) is 5.56 Å². The summed E-state index contributed by atoms with van der Waals surface area (Å²) in [7, 11) is 1.80. The highest BCUT2D eigenvalue weighted by Crippen LogP contribution is 2.32. The number of benzene rings is 2. The number of fused-ring (bicyclic) bond motifs is 1. The number of carboxylic acid groups (broad SMARTS) is 2. The molecule has 0 amide bonds. The highest BCUT2D eigenvalue weighted by molar-refractivity contribution is 6.30. The summed E-state index contributed by atoms with van der Waals surface area (Å²) < 4.78 is 1.79. The molecule has 0 aliphatic carbocycles. The molecule has 2 aromatic carbocycles. The number of aromatic carboxylic acids is 1. The number of anilines is 1. The zero-order valence-electron chi connectivity index (χ0n) is 16.5. The van der Waals surface area contributed by atoms with Crippen LogP contribution in [0.4, 0.5) is 5.69 Å². The number of hydrogen-bond acceptors (Lipinski definition) is 4. The van der Waals surface area contributed by atoms with Crippen LogP contribution < -0.4 is 4.90 Å². The highest BCUT2D eigenvalue weighted by atomic mass is 35.5. The molecule has 1 aromatic heterocycles. The van der Waals surface area contributed by atoms with Gasteiger partial charge in [0, 0.05) is 66.6 Å². The Balaban J connectivity index is 1.61. The lowest BCUT2D eigenvalue weighted by Crippen LogP contribution is -2.49. The van der Waals surface area contributed by atoms with Crippen molar-refractivity contribution in [1.29, 1.82) is 0 Å². The van der Waals surface area contributed by atoms with Crippen LogP contribution in [0.5, 0.6) is 0 Å². The number of rotatable bonds is 5. The number of nitrogens with zero attached hydrogens (tertiary/aromatic N) is 3. The quantitative estimate of drug-likeness (QED) is 0.648. The lowest BCUT2D eigenvalue weighted by atomic mass is 10.0. The number of aromatic nitrogens is 1. The molecular formula is C22H22ClN3O4. The van der Waals surface area contributed by atoms with E-state index in [1.165, 1.54) is 6.07 Å². The molecule has 1 fully saturated rings. The fraction of sp³-hybridized carbons (Fsp3) is 0.273. The van der Waals surface area contributed by atoms with Crippen molar-refractivity contribution in [3.63, 3.8) is 0 Å². The Bertz CT molecular complexity index is 1120. The van der Waals surface area contributed by atoms with Gasteiger partial charge in [-0.3, -0.25) is 9.69 Å². The van der Waals surface area contributed by atoms with Crippen LogP contribution in [0, 0.1) is 0 Å². The smallest absolute Gasteiger partial charge is 0.335 e. The first-order valence-corrected chi connectivity index (χ1v) is 10.0. The molecule has 0 bridgehead atoms. The maximum atomic E-state index is 12.2. The number of carbonyl (C=O) groups is 2. The third-order valence-electron chi connectivity index (χ3n) is 5.65. The number of halogens is 1. The van der Waals surface area contributed by atoms with Crippen molar-refractivity contribution < 1.29 is 19.8 Å². The van der Waals surface area contributed by atoms with Gasteiger partial charge >= 0.3 is 11.9 Å². The van der Waals surface area contributed by atoms with E-state index in [4.69, 9.17) is 11.6 Å². The van der Waals surface area contributed by atoms with E-state index in [1.54, 1.807) is 29.9 Å². The lowest BCUT2D eigenvalue weighted by Gasteiger charge is -2.38. The van der Waals surface area contributed by atoms with E-state index in [9.17, 15) is 19.8 Å². The van der Waals surface area contributed by atoms with Gasteiger partial charge in [0.15, 0.2) is 0 Å². The summed E-state index contributed by atoms with van der Waals surface area (Å²) >= 11 is 6.10. The molecule has 1 atom stereocenters. The summed E-state index contributed by atoms with van der Waals surface area (Å²) in [4.78, 5) is 27.7. The van der Waals surface area contributed by atoms with Crippen LogP contribution in [0.1, 0.15) is 22.0 Å². The van der Waals surface area contributed by atoms with Crippen molar-refractivity contribution in [3.05, 3.63) is 64.8 Å². The molecule has 30 heavy (non-hydrogen) atoms. The van der Waals surface area contributed by atoms with E-state index < -0.39 is 18.0 Å². The number of aliphatic carboxylic acids is 1. The van der Waals surface area contributed by atoms with E-state index >= 15 is 0 Å². The maximum absolute atomic E-state index is 12.2. The van der Waals surface area contributed by atoms with E-state index in [1.807, 2.05) is 29.2 Å². The van der Waals surface area contributed by atoms with Gasteiger partial charge in [-0.2, -0.15) is 0 Å². The molecule has 3 aromatic rings. The van der Waals surface area contributed by atoms with Crippen LogP contribution in [0.15, 0.2) is 48.7 Å². The number of aryl methyl sites for hydroxylation is 1. The largest absolute Gasteiger partial charge is 0.480 e. The molecule has 0 radical (unpaired) electrons. The van der Waals surface area contributed by atoms with Crippen molar-refractivity contribution in [3.8, 4) is 0 Å². The predicted molar refractivity (Wildman–Crippen MR) is 115 cm³/mol. The normalized spacial score (nSPS) is 16.0. The van der Waals surface area contributed by atoms with Crippen LogP contribution in [-0.2, 0) is 11.8 Å². The van der Waals surface area contributed by atoms with Gasteiger partial charge in [0.1, 0.15) is 6.04 Å². The predicted octanol–water partition coefficient (Wildman–Crippen LogP) is 3.48. The molecule has 4 rings (SSSR count). The number of piperazine rings is 1. The summed E-state index contributed by atoms with van der Waals surface area (Å²) in [5.41, 5.74) is 2.58. The minimum atomic E-state index is -1.01. The van der Waals surface area contributed by atoms with Crippen molar-refractivity contribution in [2.24, 2.45) is 7.05 Å². The van der Waals surface area contributed by atoms with Gasteiger partial charge in [-0.25, -0.2) is 4.79 Å². The lowest BCUT2D eigenvalue weighted by molar-refractivity contribution is -0.143. The standard InChI is InChI=1S/C22H22ClN3O4/c1-24-13-18(17-6-5-14(21(27)28)11-19(17)24)20(22(29)30)26-9-7-25(8-10-26)16-4-2-3-15(23)12-16/h2-6,11-13,20H,7-10H2,1H3,(H,27,28)(H,29,30)/t20-/m1/s1. The zero-order valence-corrected chi connectivity index (χ0v) is 17.2. The second-order valence-corrected chi connectivity index (χ2v) is 7.91. The van der Waals surface area contributed by atoms with Crippen LogP contribution in [0.3, 0.4) is 0 Å². The Morgan fingerprint density at radius 3 is 2.40 bits per heavy atom. The molecular weight excluding hydrogens is 406 g/mol. The molecule has 2 heterocycles. The molecule has 8 heteroatoms. The van der Waals surface area contributed by atoms with Crippen LogP contribution in [-0.4, -0.2) is 57.8 Å². The highest BCUT2D eigenvalue weighted by Gasteiger charge is 2.32. The van der Waals surface area contributed by atoms with Gasteiger partial charge in [-0.1, -0.05) is 23.7 Å². The van der Waals surface area contributed by atoms with Gasteiger partial charge < -0.3 is 19.7 Å². The molecule has 2 N–H and O–H groups in total. The van der Waals surface area contributed by atoms with Crippen molar-refractivity contribution in [2.75, 3.05) is 31.1 Å². The minimum absolute atomic E-state index is 0.178. The van der Waals surface area contributed by atoms with Crippen LogP contribution in [0.2, 0.25) is 5.02 Å². The fourth-order valence-electron chi connectivity index (χ4n) is 4.16. The molecule has 1 saturated heterocycles. The van der Waals surface area contributed by atoms with E-state index in [0.717, 1.165) is 11.1 Å². The van der Waals surface area contributed by atoms with Gasteiger partial charge in [-0.15, -0.1) is 0 Å². The number of hydrogen-bond donors (Lipinski definition) is 2. The number of carboxylic acids is 2. The second kappa shape index (κ2) is 8.01. The third kappa shape index (κ3) is 3.74. The molecule has 7 nitrogen and oxygen atoms in total. The van der Waals surface area contributed by atoms with Crippen molar-refractivity contribution in [2.45, 2.75) is 6.04 Å². The van der Waals surface area contributed by atoms with E-state index in [2.05, 4.69) is 4.90 Å². The molecule has 0 saturated carbocycles. The second-order valence-electron chi connectivity index (χ2n) is 7.48. The molecule has 1 aliphatic rings. The van der Waals surface area contributed by atoms with Gasteiger partial charge in [0.05, 0.1) is 5.56 Å². The monoisotopic (exact) mass is 427 g/mol. The van der Waals surface area contributed by atoms with Crippen LogP contribution in [0.25, 0.3) is 10.9 Å². The average Bonchev–Trinajstić information content (AvgIpc) is 3.04. The average molecular weight is 428 g/mol. The van der Waals surface area contributed by atoms with Gasteiger partial charge in [0.2, 0.25) is 0 Å². The summed E-state index contributed by atoms with van der Waals surface area (Å²) in [6.45, 7) is 2.57. The SMILES string of the molecule is Cn1cc([C@H](C(=O)O)N2CCN(c3cccc(Cl)c3)CC2)c2ccc(C(=O)O)cc21. The first-order valence-electron chi connectivity index (χ1n) is 9.65. The first kappa shape index (κ1) is 20.3. The topological polar surface area (TPSA) is 86.0 Å². The first-order chi connectivity index (χ1) is 14.3. The van der Waals surface area contributed by atoms with Gasteiger partial charge in [0.25, 0.3) is 0 Å². The Kier molecular flexibility index (Phi) is 5.40. The maximum Gasteiger partial charge on any atom is 0.335 e. The third-order valence-corrected chi connectivity index (χ3v) is 5.88. The summed E-state index contributed by atoms with van der Waals surface area (Å²) in [5.74, 6) is -1.92. The Morgan fingerprint density at radius 1 is 1.03 bits per heavy atom. The van der Waals surface area contributed by atoms with Crippen molar-refractivity contribution >= 4 is 40.1 Å². The minimum Gasteiger partial charge on any atom is -0.480 e. The Morgan fingerprint density at radius 2 is 1.77 bits per heavy atom. The summed E-state index contributed by atoms with van der Waals surface area (Å²) in [6.07, 6.45) is 1.79.